The summed E-state index contributed by atoms with van der Waals surface area (Å²) in [5.41, 5.74) is 4.07. The van der Waals surface area contributed by atoms with Crippen LogP contribution in [-0.2, 0) is 14.9 Å². The molecule has 0 radical (unpaired) electrons. The van der Waals surface area contributed by atoms with Crippen molar-refractivity contribution in [2.75, 3.05) is 6.61 Å². The van der Waals surface area contributed by atoms with Crippen molar-refractivity contribution >= 4 is 98.2 Å². The van der Waals surface area contributed by atoms with Crippen LogP contribution >= 0.6 is 79.4 Å². The zero-order chi connectivity index (χ0) is 20.1. The summed E-state index contributed by atoms with van der Waals surface area (Å²) in [5, 5.41) is 0.675. The SMILES string of the molecule is CCOC(=O)C1=C(I)N=C(I)C12C(c1ccc(Cl)cc1)=C(I)c1ccccc12. The highest BCUT2D eigenvalue weighted by Gasteiger charge is 2.57. The van der Waals surface area contributed by atoms with Crippen LogP contribution in [-0.4, -0.2) is 16.3 Å². The Kier molecular flexibility index (Phi) is 5.94. The Morgan fingerprint density at radius 1 is 1.11 bits per heavy atom. The van der Waals surface area contributed by atoms with E-state index in [-0.39, 0.29) is 5.97 Å². The van der Waals surface area contributed by atoms with E-state index in [9.17, 15) is 4.79 Å². The number of halogens is 4. The number of fused-ring (bicyclic) bond motifs is 2. The molecule has 0 saturated carbocycles. The molecule has 0 N–H and O–H groups in total. The van der Waals surface area contributed by atoms with Gasteiger partial charge in [-0.05, 0) is 109 Å². The smallest absolute Gasteiger partial charge is 0.338 e. The Hall–Kier alpha value is -0.460. The fraction of sp³-hybridized carbons (Fsp3) is 0.143. The van der Waals surface area contributed by atoms with E-state index in [1.54, 1.807) is 0 Å². The van der Waals surface area contributed by atoms with Crippen molar-refractivity contribution in [3.8, 4) is 0 Å². The maximum atomic E-state index is 13.1. The van der Waals surface area contributed by atoms with Crippen LogP contribution in [0.1, 0.15) is 23.6 Å². The Morgan fingerprint density at radius 2 is 1.79 bits per heavy atom. The summed E-state index contributed by atoms with van der Waals surface area (Å²) in [7, 11) is 0. The minimum Gasteiger partial charge on any atom is -0.463 e. The second-order valence-corrected chi connectivity index (χ2v) is 9.84. The lowest BCUT2D eigenvalue weighted by atomic mass is 9.71. The predicted molar refractivity (Wildman–Crippen MR) is 140 cm³/mol. The van der Waals surface area contributed by atoms with Gasteiger partial charge in [0.15, 0.2) is 0 Å². The topological polar surface area (TPSA) is 38.7 Å². The second-order valence-electron chi connectivity index (χ2n) is 6.28. The third-order valence-electron chi connectivity index (χ3n) is 4.86. The van der Waals surface area contributed by atoms with Gasteiger partial charge in [-0.15, -0.1) is 0 Å². The van der Waals surface area contributed by atoms with E-state index < -0.39 is 5.41 Å². The zero-order valence-electron chi connectivity index (χ0n) is 14.6. The molecule has 1 aliphatic heterocycles. The molecule has 0 bridgehead atoms. The molecule has 3 nitrogen and oxygen atoms in total. The Bertz CT molecular complexity index is 1090. The van der Waals surface area contributed by atoms with Gasteiger partial charge in [0, 0.05) is 8.60 Å². The second kappa shape index (κ2) is 7.99. The molecule has 1 spiro atoms. The Labute approximate surface area is 209 Å². The first-order valence-electron chi connectivity index (χ1n) is 8.51. The van der Waals surface area contributed by atoms with Crippen molar-refractivity contribution < 1.29 is 9.53 Å². The molecule has 28 heavy (non-hydrogen) atoms. The molecular formula is C21H13ClI3NO2. The van der Waals surface area contributed by atoms with Gasteiger partial charge < -0.3 is 4.74 Å². The van der Waals surface area contributed by atoms with E-state index in [2.05, 4.69) is 79.9 Å². The van der Waals surface area contributed by atoms with Crippen molar-refractivity contribution in [3.63, 3.8) is 0 Å². The molecule has 1 unspecified atom stereocenters. The summed E-state index contributed by atoms with van der Waals surface area (Å²) in [6.07, 6.45) is 0. The summed E-state index contributed by atoms with van der Waals surface area (Å²) in [5.74, 6) is -0.324. The third kappa shape index (κ3) is 3.01. The normalized spacial score (nSPS) is 20.7. The molecule has 1 heterocycles. The van der Waals surface area contributed by atoms with Crippen LogP contribution < -0.4 is 0 Å². The highest BCUT2D eigenvalue weighted by atomic mass is 127. The quantitative estimate of drug-likeness (QED) is 0.195. The molecule has 2 aliphatic rings. The average molecular weight is 728 g/mol. The molecule has 142 valence electrons. The lowest BCUT2D eigenvalue weighted by Crippen LogP contribution is -2.36. The number of carbonyl (C=O) groups excluding carboxylic acids is 1. The van der Waals surface area contributed by atoms with Crippen molar-refractivity contribution in [1.29, 1.82) is 0 Å². The maximum Gasteiger partial charge on any atom is 0.338 e. The van der Waals surface area contributed by atoms with E-state index in [0.29, 0.717) is 20.9 Å². The van der Waals surface area contributed by atoms with Crippen LogP contribution in [0.2, 0.25) is 5.02 Å². The molecular weight excluding hydrogens is 714 g/mol. The van der Waals surface area contributed by atoms with Gasteiger partial charge >= 0.3 is 5.97 Å². The van der Waals surface area contributed by atoms with Gasteiger partial charge in [0.25, 0.3) is 0 Å². The predicted octanol–water partition coefficient (Wildman–Crippen LogP) is 6.95. The number of hydrogen-bond donors (Lipinski definition) is 0. The van der Waals surface area contributed by atoms with E-state index in [4.69, 9.17) is 21.3 Å². The molecule has 7 heteroatoms. The summed E-state index contributed by atoms with van der Waals surface area (Å²) in [6, 6.07) is 16.0. The molecule has 1 atom stereocenters. The number of allylic oxidation sites excluding steroid dienone is 1. The van der Waals surface area contributed by atoms with E-state index in [0.717, 1.165) is 29.6 Å². The molecule has 2 aromatic rings. The van der Waals surface area contributed by atoms with Gasteiger partial charge in [-0.2, -0.15) is 0 Å². The zero-order valence-corrected chi connectivity index (χ0v) is 21.8. The van der Waals surface area contributed by atoms with Crippen molar-refractivity contribution in [1.82, 2.24) is 0 Å². The monoisotopic (exact) mass is 727 g/mol. The van der Waals surface area contributed by atoms with Gasteiger partial charge in [-0.3, -0.25) is 0 Å². The molecule has 1 aliphatic carbocycles. The number of benzene rings is 2. The van der Waals surface area contributed by atoms with Crippen molar-refractivity contribution in [2.45, 2.75) is 12.3 Å². The first-order valence-corrected chi connectivity index (χ1v) is 12.1. The van der Waals surface area contributed by atoms with E-state index in [1.165, 1.54) is 0 Å². The minimum atomic E-state index is -0.760. The number of rotatable bonds is 3. The van der Waals surface area contributed by atoms with Gasteiger partial charge in [0.1, 0.15) is 9.12 Å². The highest BCUT2D eigenvalue weighted by molar-refractivity contribution is 14.1. The largest absolute Gasteiger partial charge is 0.463 e. The summed E-state index contributed by atoms with van der Waals surface area (Å²) < 4.78 is 8.09. The van der Waals surface area contributed by atoms with E-state index >= 15 is 0 Å². The number of nitrogens with zero attached hydrogens (tertiary/aromatic N) is 1. The molecule has 0 amide bonds. The van der Waals surface area contributed by atoms with Gasteiger partial charge in [0.2, 0.25) is 0 Å². The lowest BCUT2D eigenvalue weighted by Gasteiger charge is -2.31. The van der Waals surface area contributed by atoms with Gasteiger partial charge in [0.05, 0.1) is 15.9 Å². The van der Waals surface area contributed by atoms with Gasteiger partial charge in [-0.1, -0.05) is 48.0 Å². The van der Waals surface area contributed by atoms with E-state index in [1.807, 2.05) is 43.3 Å². The first kappa shape index (κ1) is 20.8. The number of esters is 1. The lowest BCUT2D eigenvalue weighted by molar-refractivity contribution is -0.138. The number of ether oxygens (including phenoxy) is 1. The van der Waals surface area contributed by atoms with Crippen LogP contribution in [0.5, 0.6) is 0 Å². The molecule has 0 saturated heterocycles. The average Bonchev–Trinajstić information content (AvgIpc) is 3.08. The van der Waals surface area contributed by atoms with Crippen LogP contribution in [0, 0.1) is 0 Å². The van der Waals surface area contributed by atoms with Crippen molar-refractivity contribution in [3.05, 3.63) is 79.5 Å². The fourth-order valence-electron chi connectivity index (χ4n) is 3.79. The van der Waals surface area contributed by atoms with Crippen LogP contribution in [0.15, 0.2) is 62.8 Å². The number of hydrogen-bond acceptors (Lipinski definition) is 3. The molecule has 4 rings (SSSR count). The standard InChI is InChI=1S/C21H13ClI3NO2/c1-2-28-19(27)16-18(24)26-20(25)21(16)14-6-4-3-5-13(14)17(23)15(21)11-7-9-12(22)10-8-11/h3-10H,2H2,1H3. The summed E-state index contributed by atoms with van der Waals surface area (Å²) in [6.45, 7) is 2.14. The Morgan fingerprint density at radius 3 is 2.46 bits per heavy atom. The fourth-order valence-corrected chi connectivity index (χ4v) is 7.50. The van der Waals surface area contributed by atoms with Crippen molar-refractivity contribution in [2.24, 2.45) is 4.99 Å². The highest BCUT2D eigenvalue weighted by Crippen LogP contribution is 2.61. The first-order chi connectivity index (χ1) is 13.4. The van der Waals surface area contributed by atoms with Crippen LogP contribution in [0.3, 0.4) is 0 Å². The van der Waals surface area contributed by atoms with Crippen LogP contribution in [0.25, 0.3) is 9.15 Å². The Balaban J connectivity index is 2.08. The number of aliphatic imine (C=N–C) groups is 1. The maximum absolute atomic E-state index is 13.1. The van der Waals surface area contributed by atoms with Crippen LogP contribution in [0.4, 0.5) is 0 Å². The summed E-state index contributed by atoms with van der Waals surface area (Å²) in [4.78, 5) is 17.8. The summed E-state index contributed by atoms with van der Waals surface area (Å²) >= 11 is 12.9. The molecule has 0 aromatic heterocycles. The third-order valence-corrected chi connectivity index (χ3v) is 8.06. The minimum absolute atomic E-state index is 0.317. The molecule has 2 aromatic carbocycles. The number of carbonyl (C=O) groups is 1. The molecule has 0 fully saturated rings. The van der Waals surface area contributed by atoms with Gasteiger partial charge in [-0.25, -0.2) is 9.79 Å².